The molecular weight excluding hydrogens is 436 g/mol. The number of amides is 3. The van der Waals surface area contributed by atoms with Gasteiger partial charge in [-0.3, -0.25) is 14.5 Å². The molecule has 3 heterocycles. The number of rotatable bonds is 6. The van der Waals surface area contributed by atoms with E-state index in [1.165, 1.54) is 11.9 Å². The number of aromatic nitrogens is 2. The van der Waals surface area contributed by atoms with Crippen LogP contribution in [0.25, 0.3) is 0 Å². The van der Waals surface area contributed by atoms with Crippen molar-refractivity contribution in [1.82, 2.24) is 19.6 Å². The van der Waals surface area contributed by atoms with Gasteiger partial charge in [-0.15, -0.1) is 9.78 Å². The number of nitrogens with zero attached hydrogens (tertiary/aromatic N) is 6. The number of hydrogen-bond donors (Lipinski definition) is 0. The fraction of sp³-hybridized carbons (Fsp3) is 0.333. The third-order valence-electron chi connectivity index (χ3n) is 6.09. The average molecular weight is 464 g/mol. The third-order valence-corrected chi connectivity index (χ3v) is 6.09. The maximum atomic E-state index is 13.5. The van der Waals surface area contributed by atoms with E-state index in [2.05, 4.69) is 16.7 Å². The number of ether oxygens (including phenoxy) is 1. The highest BCUT2D eigenvalue weighted by Gasteiger charge is 2.53. The zero-order chi connectivity index (χ0) is 24.6. The molecule has 1 aromatic carbocycles. The highest BCUT2D eigenvalue weighted by Crippen LogP contribution is 2.22. The number of urea groups is 1. The Balaban J connectivity index is 1.62. The molecule has 0 aliphatic carbocycles. The van der Waals surface area contributed by atoms with E-state index in [1.807, 2.05) is 51.1 Å². The molecule has 1 saturated heterocycles. The van der Waals surface area contributed by atoms with Gasteiger partial charge >= 0.3 is 18.0 Å². The van der Waals surface area contributed by atoms with Gasteiger partial charge in [-0.2, -0.15) is 0 Å². The first-order valence-corrected chi connectivity index (χ1v) is 10.9. The van der Waals surface area contributed by atoms with Gasteiger partial charge in [0.15, 0.2) is 0 Å². The van der Waals surface area contributed by atoms with Gasteiger partial charge in [-0.1, -0.05) is 48.0 Å². The van der Waals surface area contributed by atoms with E-state index in [4.69, 9.17) is 4.74 Å². The summed E-state index contributed by atoms with van der Waals surface area (Å²) in [4.78, 5) is 45.8. The van der Waals surface area contributed by atoms with Crippen molar-refractivity contribution in [1.29, 1.82) is 0 Å². The lowest BCUT2D eigenvalue weighted by Crippen LogP contribution is -2.63. The highest BCUT2D eigenvalue weighted by atomic mass is 16.5. The number of imide groups is 1. The van der Waals surface area contributed by atoms with Crippen LogP contribution in [-0.2, 0) is 20.9 Å². The van der Waals surface area contributed by atoms with Gasteiger partial charge in [-0.25, -0.2) is 14.3 Å². The minimum Gasteiger partial charge on any atom is -0.459 e. The quantitative estimate of drug-likeness (QED) is 0.368. The Bertz CT molecular complexity index is 1240. The van der Waals surface area contributed by atoms with Crippen LogP contribution < -0.4 is 0 Å². The second-order valence-electron chi connectivity index (χ2n) is 8.23. The van der Waals surface area contributed by atoms with Crippen LogP contribution in [0.3, 0.4) is 0 Å². The van der Waals surface area contributed by atoms with Gasteiger partial charge in [0.2, 0.25) is 11.9 Å². The van der Waals surface area contributed by atoms with E-state index >= 15 is 0 Å². The number of esters is 1. The smallest absolute Gasteiger partial charge is 0.421 e. The van der Waals surface area contributed by atoms with Crippen LogP contribution >= 0.6 is 0 Å². The Morgan fingerprint density at radius 3 is 2.53 bits per heavy atom. The fourth-order valence-electron chi connectivity index (χ4n) is 3.97. The molecule has 10 nitrogen and oxygen atoms in total. The molecule has 0 spiro atoms. The number of carbonyl (C=O) groups is 3. The monoisotopic (exact) mass is 463 g/mol. The molecule has 2 aromatic rings. The molecule has 0 N–H and O–H groups in total. The molecule has 176 valence electrons. The highest BCUT2D eigenvalue weighted by molar-refractivity contribution is 6.23. The number of amidine groups is 1. The summed E-state index contributed by atoms with van der Waals surface area (Å²) < 4.78 is 8.69. The van der Waals surface area contributed by atoms with Crippen molar-refractivity contribution in [2.75, 3.05) is 20.1 Å². The normalized spacial score (nSPS) is 17.8. The Labute approximate surface area is 197 Å². The lowest BCUT2D eigenvalue weighted by Gasteiger charge is -2.33. The van der Waals surface area contributed by atoms with Crippen LogP contribution in [0.4, 0.5) is 4.79 Å². The topological polar surface area (TPSA) is 100 Å². The third kappa shape index (κ3) is 3.91. The van der Waals surface area contributed by atoms with E-state index in [9.17, 15) is 14.4 Å². The number of benzene rings is 1. The van der Waals surface area contributed by atoms with Crippen LogP contribution in [0.5, 0.6) is 0 Å². The van der Waals surface area contributed by atoms with Crippen molar-refractivity contribution < 1.29 is 23.7 Å². The fourth-order valence-corrected chi connectivity index (χ4v) is 3.97. The largest absolute Gasteiger partial charge is 0.459 e. The molecule has 1 unspecified atom stereocenters. The van der Waals surface area contributed by atoms with E-state index in [-0.39, 0.29) is 12.4 Å². The molecule has 0 radical (unpaired) electrons. The lowest BCUT2D eigenvalue weighted by atomic mass is 10.1. The van der Waals surface area contributed by atoms with Crippen molar-refractivity contribution in [3.63, 3.8) is 0 Å². The van der Waals surface area contributed by atoms with Crippen molar-refractivity contribution in [2.45, 2.75) is 33.4 Å². The van der Waals surface area contributed by atoms with Gasteiger partial charge in [0, 0.05) is 12.6 Å². The summed E-state index contributed by atoms with van der Waals surface area (Å²) in [5, 5.41) is 4.57. The predicted octanol–water partition coefficient (Wildman–Crippen LogP) is 1.63. The number of aryl methyl sites for hydroxylation is 1. The summed E-state index contributed by atoms with van der Waals surface area (Å²) in [5.74, 6) is -0.513. The van der Waals surface area contributed by atoms with Gasteiger partial charge in [-0.05, 0) is 26.3 Å². The summed E-state index contributed by atoms with van der Waals surface area (Å²) in [5.41, 5.74) is 3.55. The van der Waals surface area contributed by atoms with Gasteiger partial charge in [0.25, 0.3) is 5.91 Å². The van der Waals surface area contributed by atoms with Crippen LogP contribution in [0, 0.1) is 20.8 Å². The zero-order valence-electron chi connectivity index (χ0n) is 19.7. The minimum atomic E-state index is -0.887. The number of fused-ring (bicyclic) bond motifs is 1. The summed E-state index contributed by atoms with van der Waals surface area (Å²) in [7, 11) is 1.53. The Morgan fingerprint density at radius 2 is 1.91 bits per heavy atom. The summed E-state index contributed by atoms with van der Waals surface area (Å²) in [6, 6.07) is 7.66. The maximum Gasteiger partial charge on any atom is 0.421 e. The number of carbonyl (C=O) groups excluding carboxylic acids is 3. The standard InChI is InChI=1S/C24H27N6O4/c1-6-12-28-20-21(25-23(28)30-17(4)15(2)16(3)26-30)27(5)24(33)29(22(20)32)13-19(31)34-14-18-10-8-7-9-11-18/h6-11,20H,1,12-14H2,2-5H3/q+1. The number of hydrogen-bond acceptors (Lipinski definition) is 6. The second-order valence-corrected chi connectivity index (χ2v) is 8.23. The van der Waals surface area contributed by atoms with Crippen molar-refractivity contribution in [3.05, 3.63) is 65.5 Å². The van der Waals surface area contributed by atoms with Crippen LogP contribution in [0.15, 0.2) is 48.0 Å². The van der Waals surface area contributed by atoms with Gasteiger partial charge < -0.3 is 4.74 Å². The summed E-state index contributed by atoms with van der Waals surface area (Å²) in [6.07, 6.45) is 1.65. The van der Waals surface area contributed by atoms with E-state index in [0.717, 1.165) is 27.4 Å². The van der Waals surface area contributed by atoms with Crippen molar-refractivity contribution >= 4 is 29.7 Å². The minimum absolute atomic E-state index is 0.0552. The molecule has 10 heteroatoms. The Hall–Kier alpha value is -4.08. The van der Waals surface area contributed by atoms with Gasteiger partial charge in [0.05, 0.1) is 12.2 Å². The maximum absolute atomic E-state index is 13.5. The first-order valence-electron chi connectivity index (χ1n) is 10.9. The Morgan fingerprint density at radius 1 is 1.21 bits per heavy atom. The molecular formula is C24H27N6O4+. The molecule has 1 fully saturated rings. The SMILES string of the molecule is C=CC[N+]1=C(n2nc(C)c(C)c2C)N=C2C1C(=O)N(CC(=O)OCc1ccccc1)C(=O)N2C. The van der Waals surface area contributed by atoms with Gasteiger partial charge in [0.1, 0.15) is 18.8 Å². The molecule has 1 atom stereocenters. The molecule has 4 rings (SSSR count). The lowest BCUT2D eigenvalue weighted by molar-refractivity contribution is -0.527. The summed E-state index contributed by atoms with van der Waals surface area (Å²) >= 11 is 0. The van der Waals surface area contributed by atoms with Crippen LogP contribution in [0.1, 0.15) is 22.5 Å². The molecule has 1 aromatic heterocycles. The molecule has 34 heavy (non-hydrogen) atoms. The second kappa shape index (κ2) is 9.05. The first kappa shape index (κ1) is 23.1. The van der Waals surface area contributed by atoms with Crippen LogP contribution in [-0.4, -0.2) is 80.0 Å². The molecule has 0 saturated carbocycles. The van der Waals surface area contributed by atoms with Crippen molar-refractivity contribution in [3.8, 4) is 0 Å². The van der Waals surface area contributed by atoms with E-state index < -0.39 is 30.5 Å². The predicted molar refractivity (Wildman–Crippen MR) is 125 cm³/mol. The first-order chi connectivity index (χ1) is 16.2. The average Bonchev–Trinajstić information content (AvgIpc) is 3.32. The van der Waals surface area contributed by atoms with E-state index in [1.54, 1.807) is 15.3 Å². The molecule has 2 aliphatic rings. The van der Waals surface area contributed by atoms with Crippen LogP contribution in [0.2, 0.25) is 0 Å². The number of likely N-dealkylation sites (N-methyl/N-ethyl adjacent to an activating group) is 1. The summed E-state index contributed by atoms with van der Waals surface area (Å²) in [6.45, 7) is 9.44. The van der Waals surface area contributed by atoms with Crippen molar-refractivity contribution in [2.24, 2.45) is 4.99 Å². The van der Waals surface area contributed by atoms with E-state index in [0.29, 0.717) is 12.5 Å². The molecule has 0 bridgehead atoms. The Kier molecular flexibility index (Phi) is 6.14. The zero-order valence-corrected chi connectivity index (χ0v) is 19.7. The molecule has 3 amide bonds. The number of aliphatic imine (C=N–C) groups is 1. The molecule has 2 aliphatic heterocycles.